The minimum absolute atomic E-state index is 0.0554. The first-order valence-electron chi connectivity index (χ1n) is 7.02. The van der Waals surface area contributed by atoms with E-state index in [0.29, 0.717) is 0 Å². The molecule has 0 radical (unpaired) electrons. The van der Waals surface area contributed by atoms with Crippen molar-refractivity contribution in [1.82, 2.24) is 5.32 Å². The van der Waals surface area contributed by atoms with Crippen LogP contribution in [-0.2, 0) is 18.0 Å². The van der Waals surface area contributed by atoms with Gasteiger partial charge in [0.05, 0.1) is 13.2 Å². The topological polar surface area (TPSA) is 58.6 Å². The zero-order valence-electron chi connectivity index (χ0n) is 12.4. The van der Waals surface area contributed by atoms with Gasteiger partial charge in [-0.2, -0.15) is 0 Å². The number of halogens is 1. The van der Waals surface area contributed by atoms with E-state index in [1.54, 1.807) is 6.07 Å². The number of benzene rings is 2. The van der Waals surface area contributed by atoms with Gasteiger partial charge in [-0.05, 0) is 29.3 Å². The zero-order chi connectivity index (χ0) is 16.5. The van der Waals surface area contributed by atoms with Crippen molar-refractivity contribution in [1.29, 1.82) is 0 Å². The molecule has 0 spiro atoms. The summed E-state index contributed by atoms with van der Waals surface area (Å²) >= 11 is 3.35. The van der Waals surface area contributed by atoms with Crippen molar-refractivity contribution in [3.63, 3.8) is 0 Å². The zero-order valence-corrected chi connectivity index (χ0v) is 14.0. The second kappa shape index (κ2) is 8.99. The smallest absolute Gasteiger partial charge is 0.408 e. The molecule has 2 aromatic carbocycles. The summed E-state index contributed by atoms with van der Waals surface area (Å²) < 4.78 is 5.92. The standard InChI is InChI=1S/C18H16BrNO3/c19-17-9-8-14(11-16(17)12-21)7-4-10-20-18(22)23-13-15-5-2-1-3-6-15/h1-3,5-6,8-9,11,21H,10,12-13H2,(H,20,22). The van der Waals surface area contributed by atoms with Gasteiger partial charge in [-0.3, -0.25) is 0 Å². The van der Waals surface area contributed by atoms with E-state index in [0.717, 1.165) is 21.2 Å². The number of hydrogen-bond donors (Lipinski definition) is 2. The Morgan fingerprint density at radius 2 is 2.00 bits per heavy atom. The summed E-state index contributed by atoms with van der Waals surface area (Å²) in [5.41, 5.74) is 2.48. The Bertz CT molecular complexity index is 720. The Morgan fingerprint density at radius 3 is 2.74 bits per heavy atom. The molecule has 0 fully saturated rings. The molecular weight excluding hydrogens is 358 g/mol. The monoisotopic (exact) mass is 373 g/mol. The number of ether oxygens (including phenoxy) is 1. The number of hydrogen-bond acceptors (Lipinski definition) is 3. The van der Waals surface area contributed by atoms with Crippen LogP contribution >= 0.6 is 15.9 Å². The normalized spacial score (nSPS) is 9.65. The van der Waals surface area contributed by atoms with Crippen LogP contribution in [0.2, 0.25) is 0 Å². The average molecular weight is 374 g/mol. The number of aliphatic hydroxyl groups is 1. The molecule has 0 unspecified atom stereocenters. The van der Waals surface area contributed by atoms with Gasteiger partial charge in [-0.25, -0.2) is 4.79 Å². The maximum absolute atomic E-state index is 11.5. The van der Waals surface area contributed by atoms with Gasteiger partial charge in [0.15, 0.2) is 0 Å². The highest BCUT2D eigenvalue weighted by atomic mass is 79.9. The van der Waals surface area contributed by atoms with E-state index in [4.69, 9.17) is 4.74 Å². The van der Waals surface area contributed by atoms with Crippen LogP contribution in [0.5, 0.6) is 0 Å². The third kappa shape index (κ3) is 5.78. The van der Waals surface area contributed by atoms with Crippen molar-refractivity contribution in [2.75, 3.05) is 6.54 Å². The van der Waals surface area contributed by atoms with Gasteiger partial charge in [0, 0.05) is 10.0 Å². The highest BCUT2D eigenvalue weighted by Gasteiger charge is 2.01. The molecule has 0 aliphatic rings. The fourth-order valence-corrected chi connectivity index (χ4v) is 2.18. The molecule has 2 rings (SSSR count). The molecule has 2 aromatic rings. The second-order valence-electron chi connectivity index (χ2n) is 4.68. The maximum Gasteiger partial charge on any atom is 0.408 e. The number of aliphatic hydroxyl groups excluding tert-OH is 1. The van der Waals surface area contributed by atoms with E-state index in [1.807, 2.05) is 42.5 Å². The molecule has 0 aliphatic carbocycles. The van der Waals surface area contributed by atoms with Gasteiger partial charge in [0.2, 0.25) is 0 Å². The average Bonchev–Trinajstić information content (AvgIpc) is 2.59. The van der Waals surface area contributed by atoms with Crippen LogP contribution in [0.4, 0.5) is 4.79 Å². The summed E-state index contributed by atoms with van der Waals surface area (Å²) in [7, 11) is 0. The van der Waals surface area contributed by atoms with Crippen molar-refractivity contribution in [2.24, 2.45) is 0 Å². The minimum Gasteiger partial charge on any atom is -0.445 e. The quantitative estimate of drug-likeness (QED) is 0.808. The summed E-state index contributed by atoms with van der Waals surface area (Å²) in [6.45, 7) is 0.366. The first-order chi connectivity index (χ1) is 11.2. The molecule has 0 saturated heterocycles. The molecule has 4 nitrogen and oxygen atoms in total. The summed E-state index contributed by atoms with van der Waals surface area (Å²) in [5, 5.41) is 11.8. The lowest BCUT2D eigenvalue weighted by Gasteiger charge is -2.04. The Kier molecular flexibility index (Phi) is 6.67. The van der Waals surface area contributed by atoms with Crippen LogP contribution < -0.4 is 5.32 Å². The highest BCUT2D eigenvalue weighted by molar-refractivity contribution is 9.10. The molecule has 0 saturated carbocycles. The number of rotatable bonds is 4. The predicted molar refractivity (Wildman–Crippen MR) is 91.6 cm³/mol. The van der Waals surface area contributed by atoms with Gasteiger partial charge < -0.3 is 15.2 Å². The highest BCUT2D eigenvalue weighted by Crippen LogP contribution is 2.17. The number of carbonyl (C=O) groups is 1. The number of amides is 1. The van der Waals surface area contributed by atoms with Crippen molar-refractivity contribution in [3.05, 3.63) is 69.7 Å². The second-order valence-corrected chi connectivity index (χ2v) is 5.54. The Morgan fingerprint density at radius 1 is 1.22 bits per heavy atom. The van der Waals surface area contributed by atoms with Crippen LogP contribution in [0.25, 0.3) is 0 Å². The molecular formula is C18H16BrNO3. The third-order valence-corrected chi connectivity index (χ3v) is 3.76. The summed E-state index contributed by atoms with van der Waals surface area (Å²) in [6.07, 6.45) is -0.505. The molecule has 0 atom stereocenters. The summed E-state index contributed by atoms with van der Waals surface area (Å²) in [4.78, 5) is 11.5. The molecule has 0 bridgehead atoms. The molecule has 5 heteroatoms. The van der Waals surface area contributed by atoms with Crippen molar-refractivity contribution in [2.45, 2.75) is 13.2 Å². The molecule has 0 aliphatic heterocycles. The Balaban J connectivity index is 1.77. The van der Waals surface area contributed by atoms with Gasteiger partial charge in [0.25, 0.3) is 0 Å². The first-order valence-corrected chi connectivity index (χ1v) is 7.81. The fourth-order valence-electron chi connectivity index (χ4n) is 1.81. The van der Waals surface area contributed by atoms with Gasteiger partial charge in [-0.1, -0.05) is 58.1 Å². The lowest BCUT2D eigenvalue weighted by Crippen LogP contribution is -2.24. The summed E-state index contributed by atoms with van der Waals surface area (Å²) in [5.74, 6) is 5.77. The fraction of sp³-hybridized carbons (Fsp3) is 0.167. The van der Waals surface area contributed by atoms with Crippen molar-refractivity contribution in [3.8, 4) is 11.8 Å². The van der Waals surface area contributed by atoms with E-state index in [2.05, 4.69) is 33.1 Å². The van der Waals surface area contributed by atoms with Crippen molar-refractivity contribution >= 4 is 22.0 Å². The number of nitrogens with one attached hydrogen (secondary N) is 1. The molecule has 118 valence electrons. The predicted octanol–water partition coefficient (Wildman–Crippen LogP) is 3.22. The van der Waals surface area contributed by atoms with Crippen LogP contribution in [0.1, 0.15) is 16.7 Å². The lowest BCUT2D eigenvalue weighted by atomic mass is 10.1. The van der Waals surface area contributed by atoms with Gasteiger partial charge in [-0.15, -0.1) is 0 Å². The molecule has 2 N–H and O–H groups in total. The number of alkyl carbamates (subject to hydrolysis) is 1. The molecule has 0 aromatic heterocycles. The Labute approximate surface area is 143 Å². The van der Waals surface area contributed by atoms with Crippen LogP contribution in [0, 0.1) is 11.8 Å². The minimum atomic E-state index is -0.505. The lowest BCUT2D eigenvalue weighted by molar-refractivity contribution is 0.141. The molecule has 23 heavy (non-hydrogen) atoms. The molecule has 0 heterocycles. The largest absolute Gasteiger partial charge is 0.445 e. The van der Waals surface area contributed by atoms with E-state index in [-0.39, 0.29) is 19.8 Å². The number of carbonyl (C=O) groups excluding carboxylic acids is 1. The van der Waals surface area contributed by atoms with Crippen LogP contribution in [-0.4, -0.2) is 17.7 Å². The van der Waals surface area contributed by atoms with E-state index >= 15 is 0 Å². The summed E-state index contributed by atoms with van der Waals surface area (Å²) in [6, 6.07) is 14.9. The SMILES string of the molecule is O=C(NCC#Cc1ccc(Br)c(CO)c1)OCc1ccccc1. The van der Waals surface area contributed by atoms with Crippen LogP contribution in [0.15, 0.2) is 53.0 Å². The van der Waals surface area contributed by atoms with Gasteiger partial charge in [0.1, 0.15) is 6.61 Å². The Hall–Kier alpha value is -2.29. The van der Waals surface area contributed by atoms with E-state index < -0.39 is 6.09 Å². The van der Waals surface area contributed by atoms with E-state index in [9.17, 15) is 9.90 Å². The van der Waals surface area contributed by atoms with Gasteiger partial charge >= 0.3 is 6.09 Å². The first kappa shape index (κ1) is 17.1. The maximum atomic E-state index is 11.5. The van der Waals surface area contributed by atoms with Crippen LogP contribution in [0.3, 0.4) is 0 Å². The van der Waals surface area contributed by atoms with Crippen molar-refractivity contribution < 1.29 is 14.6 Å². The van der Waals surface area contributed by atoms with E-state index in [1.165, 1.54) is 0 Å². The molecule has 1 amide bonds. The third-order valence-electron chi connectivity index (χ3n) is 2.98.